The number of hydrogen-bond acceptors (Lipinski definition) is 1. The summed E-state index contributed by atoms with van der Waals surface area (Å²) in [6.07, 6.45) is 6.41. The molecule has 0 unspecified atom stereocenters. The molecule has 2 aromatic rings. The van der Waals surface area contributed by atoms with Gasteiger partial charge in [-0.25, -0.2) is 0 Å². The van der Waals surface area contributed by atoms with Crippen LogP contribution in [0, 0.1) is 23.8 Å². The third-order valence-corrected chi connectivity index (χ3v) is 5.05. The van der Waals surface area contributed by atoms with Crippen LogP contribution in [0.1, 0.15) is 36.1 Å². The van der Waals surface area contributed by atoms with Gasteiger partial charge < -0.3 is 0 Å². The first-order chi connectivity index (χ1) is 11.8. The molecule has 0 aromatic heterocycles. The van der Waals surface area contributed by atoms with Crippen molar-refractivity contribution in [1.82, 2.24) is 0 Å². The highest BCUT2D eigenvalue weighted by Crippen LogP contribution is 2.31. The summed E-state index contributed by atoms with van der Waals surface area (Å²) in [5.74, 6) is 6.12. The van der Waals surface area contributed by atoms with Gasteiger partial charge in [0.15, 0.2) is 0 Å². The van der Waals surface area contributed by atoms with Gasteiger partial charge in [0.1, 0.15) is 8.07 Å². The molecule has 0 amide bonds. The molecule has 0 fully saturated rings. The summed E-state index contributed by atoms with van der Waals surface area (Å²) in [5.41, 5.74) is 10.2. The van der Waals surface area contributed by atoms with Crippen molar-refractivity contribution in [3.8, 4) is 34.9 Å². The highest BCUT2D eigenvalue weighted by Gasteiger charge is 2.15. The molecule has 126 valence electrons. The molecule has 2 heteroatoms. The number of terminal acetylenes is 1. The monoisotopic (exact) mass is 360 g/mol. The summed E-state index contributed by atoms with van der Waals surface area (Å²) in [6, 6.07) is 12.4. The summed E-state index contributed by atoms with van der Waals surface area (Å²) in [6.45, 7) is 11.0. The minimum Gasteiger partial charge on any atom is -0.127 e. The van der Waals surface area contributed by atoms with Crippen molar-refractivity contribution in [3.63, 3.8) is 0 Å². The van der Waals surface area contributed by atoms with E-state index in [1.165, 1.54) is 11.1 Å². The molecule has 0 N–H and O–H groups in total. The smallest absolute Gasteiger partial charge is 0.127 e. The lowest BCUT2D eigenvalue weighted by atomic mass is 9.88. The van der Waals surface area contributed by atoms with E-state index in [2.05, 4.69) is 68.2 Å². The van der Waals surface area contributed by atoms with Crippen LogP contribution in [0.5, 0.6) is 0 Å². The standard InChI is InChI=1S/C23H24SSi/c1-7-18-9-11-20(12-10-18)23-21(8-2)19(15-16-25(4,5)6)13-14-22(23)17(3)24/h1,9-14H,8H2,2-6H3. The van der Waals surface area contributed by atoms with E-state index in [1.54, 1.807) is 0 Å². The van der Waals surface area contributed by atoms with Crippen LogP contribution < -0.4 is 0 Å². The summed E-state index contributed by atoms with van der Waals surface area (Å²) in [5, 5.41) is 0. The van der Waals surface area contributed by atoms with E-state index >= 15 is 0 Å². The van der Waals surface area contributed by atoms with E-state index in [0.717, 1.165) is 33.5 Å². The Morgan fingerprint density at radius 1 is 1.08 bits per heavy atom. The maximum atomic E-state index is 5.51. The molecule has 25 heavy (non-hydrogen) atoms. The number of hydrogen-bond donors (Lipinski definition) is 0. The Hall–Kier alpha value is -2.13. The molecule has 0 spiro atoms. The SMILES string of the molecule is C#Cc1ccc(-c2c(C(C)=S)ccc(C#C[Si](C)(C)C)c2CC)cc1. The molecule has 0 nitrogen and oxygen atoms in total. The van der Waals surface area contributed by atoms with E-state index in [1.807, 2.05) is 19.1 Å². The van der Waals surface area contributed by atoms with Gasteiger partial charge in [0.2, 0.25) is 0 Å². The first-order valence-electron chi connectivity index (χ1n) is 8.54. The maximum Gasteiger partial charge on any atom is 0.129 e. The zero-order valence-corrected chi connectivity index (χ0v) is 17.5. The molecular formula is C23H24SSi. The van der Waals surface area contributed by atoms with E-state index in [-0.39, 0.29) is 0 Å². The Morgan fingerprint density at radius 3 is 2.20 bits per heavy atom. The summed E-state index contributed by atoms with van der Waals surface area (Å²) >= 11 is 5.51. The maximum absolute atomic E-state index is 5.51. The van der Waals surface area contributed by atoms with E-state index < -0.39 is 8.07 Å². The van der Waals surface area contributed by atoms with Gasteiger partial charge in [-0.05, 0) is 53.8 Å². The number of thiocarbonyl (C=S) groups is 1. The molecule has 2 rings (SSSR count). The number of benzene rings is 2. The molecule has 0 saturated heterocycles. The molecule has 0 heterocycles. The van der Waals surface area contributed by atoms with Crippen LogP contribution in [0.3, 0.4) is 0 Å². The largest absolute Gasteiger partial charge is 0.129 e. The topological polar surface area (TPSA) is 0 Å². The van der Waals surface area contributed by atoms with Crippen molar-refractivity contribution in [2.75, 3.05) is 0 Å². The van der Waals surface area contributed by atoms with Crippen LogP contribution in [-0.4, -0.2) is 12.9 Å². The van der Waals surface area contributed by atoms with Crippen molar-refractivity contribution < 1.29 is 0 Å². The van der Waals surface area contributed by atoms with Crippen LogP contribution in [0.2, 0.25) is 19.6 Å². The van der Waals surface area contributed by atoms with Gasteiger partial charge in [0, 0.05) is 16.0 Å². The van der Waals surface area contributed by atoms with Gasteiger partial charge in [-0.15, -0.1) is 12.0 Å². The highest BCUT2D eigenvalue weighted by molar-refractivity contribution is 7.80. The third-order valence-electron chi connectivity index (χ3n) is 3.96. The van der Waals surface area contributed by atoms with E-state index in [4.69, 9.17) is 18.6 Å². The molecular weight excluding hydrogens is 336 g/mol. The molecule has 2 aromatic carbocycles. The van der Waals surface area contributed by atoms with Gasteiger partial charge in [-0.1, -0.05) is 68.8 Å². The molecule has 0 radical (unpaired) electrons. The zero-order chi connectivity index (χ0) is 18.6. The van der Waals surface area contributed by atoms with Crippen molar-refractivity contribution in [1.29, 1.82) is 0 Å². The van der Waals surface area contributed by atoms with E-state index in [0.29, 0.717) is 0 Å². The van der Waals surface area contributed by atoms with Crippen LogP contribution in [0.4, 0.5) is 0 Å². The normalized spacial score (nSPS) is 10.6. The van der Waals surface area contributed by atoms with E-state index in [9.17, 15) is 0 Å². The first-order valence-corrected chi connectivity index (χ1v) is 12.4. The summed E-state index contributed by atoms with van der Waals surface area (Å²) < 4.78 is 0. The fraction of sp³-hybridized carbons (Fsp3) is 0.261. The van der Waals surface area contributed by atoms with Crippen molar-refractivity contribution in [3.05, 3.63) is 58.7 Å². The zero-order valence-electron chi connectivity index (χ0n) is 15.7. The second kappa shape index (κ2) is 7.83. The molecule has 0 atom stereocenters. The number of rotatable bonds is 3. The summed E-state index contributed by atoms with van der Waals surface area (Å²) in [4.78, 5) is 0.899. The first kappa shape index (κ1) is 19.2. The molecule has 0 aliphatic carbocycles. The van der Waals surface area contributed by atoms with Crippen LogP contribution in [0.25, 0.3) is 11.1 Å². The molecule has 0 aliphatic rings. The van der Waals surface area contributed by atoms with Crippen LogP contribution >= 0.6 is 12.2 Å². The Bertz CT molecular complexity index is 895. The lowest BCUT2D eigenvalue weighted by Gasteiger charge is -2.16. The average molecular weight is 361 g/mol. The summed E-state index contributed by atoms with van der Waals surface area (Å²) in [7, 11) is -1.43. The fourth-order valence-electron chi connectivity index (χ4n) is 2.74. The molecule has 0 saturated carbocycles. The predicted octanol–water partition coefficient (Wildman–Crippen LogP) is 5.86. The predicted molar refractivity (Wildman–Crippen MR) is 117 cm³/mol. The van der Waals surface area contributed by atoms with Gasteiger partial charge in [0.25, 0.3) is 0 Å². The van der Waals surface area contributed by atoms with Crippen LogP contribution in [0.15, 0.2) is 36.4 Å². The second-order valence-corrected chi connectivity index (χ2v) is 12.5. The Balaban J connectivity index is 2.74. The lowest BCUT2D eigenvalue weighted by molar-refractivity contribution is 1.13. The Kier molecular flexibility index (Phi) is 6.01. The average Bonchev–Trinajstić information content (AvgIpc) is 2.58. The third kappa shape index (κ3) is 4.70. The van der Waals surface area contributed by atoms with Crippen molar-refractivity contribution >= 4 is 25.2 Å². The van der Waals surface area contributed by atoms with Gasteiger partial charge in [0.05, 0.1) is 0 Å². The lowest BCUT2D eigenvalue weighted by Crippen LogP contribution is -2.16. The highest BCUT2D eigenvalue weighted by atomic mass is 32.1. The van der Waals surface area contributed by atoms with Crippen molar-refractivity contribution in [2.45, 2.75) is 39.9 Å². The van der Waals surface area contributed by atoms with Gasteiger partial charge in [-0.3, -0.25) is 0 Å². The molecule has 0 aliphatic heterocycles. The van der Waals surface area contributed by atoms with Gasteiger partial charge in [-0.2, -0.15) is 0 Å². The van der Waals surface area contributed by atoms with Crippen LogP contribution in [-0.2, 0) is 6.42 Å². The van der Waals surface area contributed by atoms with Crippen molar-refractivity contribution in [2.24, 2.45) is 0 Å². The Morgan fingerprint density at radius 2 is 1.72 bits per heavy atom. The minimum absolute atomic E-state index is 0.886. The molecule has 0 bridgehead atoms. The Labute approximate surface area is 158 Å². The quantitative estimate of drug-likeness (QED) is 0.286. The van der Waals surface area contributed by atoms with Gasteiger partial charge >= 0.3 is 0 Å². The minimum atomic E-state index is -1.43. The fourth-order valence-corrected chi connectivity index (χ4v) is 3.42. The second-order valence-electron chi connectivity index (χ2n) is 7.15.